The quantitative estimate of drug-likeness (QED) is 0.367. The number of benzene rings is 2. The maximum atomic E-state index is 13.2. The summed E-state index contributed by atoms with van der Waals surface area (Å²) in [6, 6.07) is 1.24. The number of hydrogen-bond acceptors (Lipinski definition) is 1. The van der Waals surface area contributed by atoms with Gasteiger partial charge in [0.2, 0.25) is 0 Å². The van der Waals surface area contributed by atoms with Crippen molar-refractivity contribution in [1.29, 1.82) is 0 Å². The molecule has 0 unspecified atom stereocenters. The molecule has 3 rings (SSSR count). The molecular weight excluding hydrogens is 462 g/mol. The summed E-state index contributed by atoms with van der Waals surface area (Å²) >= 11 is 11.6. The molecule has 1 heterocycles. The molecule has 2 aromatic carbocycles. The van der Waals surface area contributed by atoms with E-state index in [2.05, 4.69) is 9.97 Å². The zero-order valence-corrected chi connectivity index (χ0v) is 14.9. The van der Waals surface area contributed by atoms with Gasteiger partial charge in [0.05, 0.1) is 37.8 Å². The van der Waals surface area contributed by atoms with Crippen molar-refractivity contribution in [3.05, 3.63) is 51.0 Å². The predicted octanol–water partition coefficient (Wildman–Crippen LogP) is 7.59. The van der Waals surface area contributed by atoms with Crippen LogP contribution >= 0.6 is 23.2 Å². The molecule has 1 N–H and O–H groups in total. The molecule has 0 fully saturated rings. The molecule has 0 aliphatic heterocycles. The Balaban J connectivity index is 2.28. The Labute approximate surface area is 165 Å². The van der Waals surface area contributed by atoms with Crippen LogP contribution in [0.4, 0.5) is 39.5 Å². The minimum absolute atomic E-state index is 0.108. The van der Waals surface area contributed by atoms with Gasteiger partial charge in [-0.05, 0) is 24.3 Å². The van der Waals surface area contributed by atoms with Gasteiger partial charge in [-0.2, -0.15) is 39.5 Å². The molecule has 0 amide bonds. The van der Waals surface area contributed by atoms with Gasteiger partial charge in [0.1, 0.15) is 11.3 Å². The molecule has 0 aliphatic rings. The van der Waals surface area contributed by atoms with Crippen molar-refractivity contribution in [3.8, 4) is 11.4 Å². The molecule has 0 atom stereocenters. The first-order valence-electron chi connectivity index (χ1n) is 7.34. The number of halogens is 11. The summed E-state index contributed by atoms with van der Waals surface area (Å²) in [6.45, 7) is 0. The predicted molar refractivity (Wildman–Crippen MR) is 86.6 cm³/mol. The lowest BCUT2D eigenvalue weighted by atomic mass is 10.1. The fourth-order valence-electron chi connectivity index (χ4n) is 2.58. The van der Waals surface area contributed by atoms with Crippen molar-refractivity contribution in [3.63, 3.8) is 0 Å². The molecule has 156 valence electrons. The van der Waals surface area contributed by atoms with Gasteiger partial charge in [0.15, 0.2) is 0 Å². The van der Waals surface area contributed by atoms with Crippen LogP contribution in [0.2, 0.25) is 10.0 Å². The number of alkyl halides is 9. The smallest absolute Gasteiger partial charge is 0.338 e. The number of nitrogens with one attached hydrogen (secondary N) is 1. The average molecular weight is 467 g/mol. The zero-order valence-electron chi connectivity index (χ0n) is 13.4. The summed E-state index contributed by atoms with van der Waals surface area (Å²) in [5, 5.41) is -1.21. The molecule has 0 aliphatic carbocycles. The summed E-state index contributed by atoms with van der Waals surface area (Å²) in [5.41, 5.74) is -6.38. The van der Waals surface area contributed by atoms with Crippen LogP contribution in [0.25, 0.3) is 22.4 Å². The Morgan fingerprint density at radius 3 is 1.62 bits per heavy atom. The molecule has 3 aromatic rings. The highest BCUT2D eigenvalue weighted by molar-refractivity contribution is 6.39. The summed E-state index contributed by atoms with van der Waals surface area (Å²) in [7, 11) is 0. The van der Waals surface area contributed by atoms with Gasteiger partial charge < -0.3 is 4.98 Å². The lowest BCUT2D eigenvalue weighted by molar-refractivity contribution is -0.142. The minimum atomic E-state index is -5.18. The molecule has 0 radical (unpaired) electrons. The van der Waals surface area contributed by atoms with E-state index in [1.807, 2.05) is 0 Å². The molecule has 0 bridgehead atoms. The number of rotatable bonds is 1. The van der Waals surface area contributed by atoms with Crippen molar-refractivity contribution in [1.82, 2.24) is 9.97 Å². The van der Waals surface area contributed by atoms with Crippen LogP contribution in [-0.2, 0) is 18.5 Å². The Morgan fingerprint density at radius 2 is 1.17 bits per heavy atom. The molecule has 1 aromatic heterocycles. The Kier molecular flexibility index (Phi) is 4.98. The number of aromatic amines is 1. The monoisotopic (exact) mass is 466 g/mol. The van der Waals surface area contributed by atoms with Crippen LogP contribution in [0.5, 0.6) is 0 Å². The van der Waals surface area contributed by atoms with E-state index in [0.29, 0.717) is 18.2 Å². The number of imidazole rings is 1. The SMILES string of the molecule is FC(F)(F)c1cc(Cl)c(-c2nc3c(C(F)(F)F)cc(C(F)(F)F)cc3[nH]2)c(Cl)c1. The van der Waals surface area contributed by atoms with Crippen molar-refractivity contribution in [2.45, 2.75) is 18.5 Å². The van der Waals surface area contributed by atoms with Gasteiger partial charge in [-0.3, -0.25) is 0 Å². The second kappa shape index (κ2) is 6.69. The van der Waals surface area contributed by atoms with Crippen LogP contribution < -0.4 is 0 Å². The second-order valence-electron chi connectivity index (χ2n) is 5.81. The minimum Gasteiger partial charge on any atom is -0.338 e. The van der Waals surface area contributed by atoms with Gasteiger partial charge in [0, 0.05) is 0 Å². The van der Waals surface area contributed by atoms with E-state index >= 15 is 0 Å². The first-order chi connectivity index (χ1) is 13.1. The summed E-state index contributed by atoms with van der Waals surface area (Å²) in [4.78, 5) is 5.81. The number of hydrogen-bond donors (Lipinski definition) is 1. The van der Waals surface area contributed by atoms with Gasteiger partial charge in [-0.25, -0.2) is 4.98 Å². The average Bonchev–Trinajstić information content (AvgIpc) is 2.93. The van der Waals surface area contributed by atoms with Gasteiger partial charge in [0.25, 0.3) is 0 Å². The Morgan fingerprint density at radius 1 is 0.690 bits per heavy atom. The van der Waals surface area contributed by atoms with Crippen LogP contribution in [-0.4, -0.2) is 9.97 Å². The highest BCUT2D eigenvalue weighted by atomic mass is 35.5. The lowest BCUT2D eigenvalue weighted by Gasteiger charge is -2.11. The number of fused-ring (bicyclic) bond motifs is 1. The van der Waals surface area contributed by atoms with Gasteiger partial charge >= 0.3 is 18.5 Å². The zero-order chi connectivity index (χ0) is 21.9. The van der Waals surface area contributed by atoms with E-state index in [1.165, 1.54) is 0 Å². The van der Waals surface area contributed by atoms with E-state index in [4.69, 9.17) is 23.2 Å². The van der Waals surface area contributed by atoms with Gasteiger partial charge in [-0.1, -0.05) is 23.2 Å². The molecule has 0 spiro atoms. The van der Waals surface area contributed by atoms with E-state index in [1.54, 1.807) is 0 Å². The number of H-pyrrole nitrogens is 1. The van der Waals surface area contributed by atoms with E-state index in [-0.39, 0.29) is 11.6 Å². The molecule has 2 nitrogen and oxygen atoms in total. The third kappa shape index (κ3) is 4.11. The molecule has 29 heavy (non-hydrogen) atoms. The first kappa shape index (κ1) is 21.6. The van der Waals surface area contributed by atoms with Crippen LogP contribution in [0.3, 0.4) is 0 Å². The highest BCUT2D eigenvalue weighted by Gasteiger charge is 2.39. The summed E-state index contributed by atoms with van der Waals surface area (Å²) in [5.74, 6) is -0.520. The Bertz CT molecular complexity index is 1070. The summed E-state index contributed by atoms with van der Waals surface area (Å²) < 4.78 is 117. The second-order valence-corrected chi connectivity index (χ2v) is 6.63. The van der Waals surface area contributed by atoms with Crippen LogP contribution in [0.1, 0.15) is 16.7 Å². The van der Waals surface area contributed by atoms with Crippen LogP contribution in [0, 0.1) is 0 Å². The van der Waals surface area contributed by atoms with E-state index in [9.17, 15) is 39.5 Å². The fourth-order valence-corrected chi connectivity index (χ4v) is 3.24. The standard InChI is InChI=1S/C16H5Cl2F9N2/c17-8-2-6(15(22,23)24)3-9(18)11(8)13-28-10-4-5(14(19,20)21)1-7(12(10)29-13)16(25,26)27/h1-4H,(H,28,29). The normalized spacial score (nSPS) is 13.3. The number of aromatic nitrogens is 2. The van der Waals surface area contributed by atoms with Gasteiger partial charge in [-0.15, -0.1) is 0 Å². The molecule has 0 saturated heterocycles. The van der Waals surface area contributed by atoms with Crippen molar-refractivity contribution < 1.29 is 39.5 Å². The largest absolute Gasteiger partial charge is 0.418 e. The Hall–Kier alpha value is -2.14. The third-order valence-corrected chi connectivity index (χ3v) is 4.42. The molecular formula is C16H5Cl2F9N2. The van der Waals surface area contributed by atoms with Crippen molar-refractivity contribution in [2.24, 2.45) is 0 Å². The van der Waals surface area contributed by atoms with Crippen molar-refractivity contribution in [2.75, 3.05) is 0 Å². The van der Waals surface area contributed by atoms with Crippen LogP contribution in [0.15, 0.2) is 24.3 Å². The fraction of sp³-hybridized carbons (Fsp3) is 0.188. The van der Waals surface area contributed by atoms with E-state index < -0.39 is 62.1 Å². The maximum absolute atomic E-state index is 13.2. The van der Waals surface area contributed by atoms with Crippen molar-refractivity contribution >= 4 is 34.2 Å². The molecule has 0 saturated carbocycles. The lowest BCUT2D eigenvalue weighted by Crippen LogP contribution is -2.11. The first-order valence-corrected chi connectivity index (χ1v) is 8.09. The number of nitrogens with zero attached hydrogens (tertiary/aromatic N) is 1. The maximum Gasteiger partial charge on any atom is 0.418 e. The molecule has 13 heteroatoms. The topological polar surface area (TPSA) is 28.7 Å². The highest BCUT2D eigenvalue weighted by Crippen LogP contribution is 2.43. The summed E-state index contributed by atoms with van der Waals surface area (Å²) in [6.07, 6.45) is -15.1. The van der Waals surface area contributed by atoms with E-state index in [0.717, 1.165) is 0 Å². The third-order valence-electron chi connectivity index (χ3n) is 3.83.